The van der Waals surface area contributed by atoms with Crippen LogP contribution < -0.4 is 5.73 Å². The number of nitrogens with two attached hydrogens (primary N) is 1. The highest BCUT2D eigenvalue weighted by molar-refractivity contribution is 5.73. The molecule has 1 aromatic heterocycles. The number of nitrogen functional groups attached to an aromatic ring is 1. The van der Waals surface area contributed by atoms with E-state index in [2.05, 4.69) is 122 Å². The standard InChI is InChI=1S/C39H67NO4.CH3N5/c1-24(2)27(6)34(7)18-19-36(9)28-14-15-30-35(8)21-43-23-39(30,29(28)16-17-37(36,10)31(34)33(41)42)20-26(5)32(35)44-22-38(11,25(3)4)40(12)13;2-1-3-5-6-4-1/h16,24-28,30-32H,14-15,17-23H2,1-13H3,(H,41,42);(H3,2,3,4,5,6)/t26-,27-,28+,30+,31-,32+,34-,35+,36-,37+,38+,39+;/m1./s1. The van der Waals surface area contributed by atoms with E-state index in [1.54, 1.807) is 5.57 Å². The summed E-state index contributed by atoms with van der Waals surface area (Å²) in [6.07, 6.45) is 9.17. The molecule has 4 fully saturated rings. The van der Waals surface area contributed by atoms with Gasteiger partial charge < -0.3 is 25.2 Å². The summed E-state index contributed by atoms with van der Waals surface area (Å²) in [6, 6.07) is 0. The molecule has 284 valence electrons. The number of ether oxygens (including phenoxy) is 2. The van der Waals surface area contributed by atoms with Crippen LogP contribution in [0.25, 0.3) is 0 Å². The summed E-state index contributed by atoms with van der Waals surface area (Å²) in [5.41, 5.74) is 6.06. The lowest BCUT2D eigenvalue weighted by Gasteiger charge is -2.71. The van der Waals surface area contributed by atoms with Crippen molar-refractivity contribution in [2.75, 3.05) is 39.6 Å². The normalized spacial score (nSPS) is 42.7. The number of carboxylic acids is 1. The predicted molar refractivity (Wildman–Crippen MR) is 198 cm³/mol. The smallest absolute Gasteiger partial charge is 0.307 e. The molecular formula is C40H70N6O4. The van der Waals surface area contributed by atoms with Crippen molar-refractivity contribution in [3.63, 3.8) is 0 Å². The quantitative estimate of drug-likeness (QED) is 0.238. The van der Waals surface area contributed by atoms with Gasteiger partial charge in [0, 0.05) is 16.4 Å². The van der Waals surface area contributed by atoms with E-state index in [-0.39, 0.29) is 50.6 Å². The SMILES string of the molecule is CC(C)[C@@H](C)[C@@]1(C)CC[C@]2(C)[C@H]3CC[C@@H]4[C@@]5(COC[C@]4(C)[C@@H](OC[C@@](C)(C(C)C)N(C)C)[C@H](C)C5)C3=CC[C@@]2(C)[C@@H]1C(=O)O.Nc1nn[nH]n1. The van der Waals surface area contributed by atoms with Crippen LogP contribution in [-0.2, 0) is 14.3 Å². The second-order valence-electron chi connectivity index (χ2n) is 19.4. The van der Waals surface area contributed by atoms with Crippen molar-refractivity contribution in [2.45, 2.75) is 126 Å². The summed E-state index contributed by atoms with van der Waals surface area (Å²) in [5, 5.41) is 23.0. The van der Waals surface area contributed by atoms with E-state index in [4.69, 9.17) is 15.2 Å². The molecule has 10 nitrogen and oxygen atoms in total. The van der Waals surface area contributed by atoms with Gasteiger partial charge >= 0.3 is 5.97 Å². The average Bonchev–Trinajstić information content (AvgIpc) is 3.51. The van der Waals surface area contributed by atoms with Gasteiger partial charge in [0.1, 0.15) is 0 Å². The minimum atomic E-state index is -0.580. The number of hydrogen-bond donors (Lipinski definition) is 3. The lowest BCUT2D eigenvalue weighted by atomic mass is 9.34. The Morgan fingerprint density at radius 2 is 1.80 bits per heavy atom. The van der Waals surface area contributed by atoms with E-state index in [9.17, 15) is 9.90 Å². The molecule has 3 saturated carbocycles. The first kappa shape index (κ1) is 39.2. The topological polar surface area (TPSA) is 139 Å². The molecule has 4 aliphatic carbocycles. The molecule has 2 bridgehead atoms. The monoisotopic (exact) mass is 699 g/mol. The van der Waals surface area contributed by atoms with E-state index in [0.29, 0.717) is 35.5 Å². The number of aromatic nitrogens is 4. The van der Waals surface area contributed by atoms with Gasteiger partial charge in [0.2, 0.25) is 0 Å². The number of carboxylic acid groups (broad SMARTS) is 1. The Bertz CT molecular complexity index is 1390. The summed E-state index contributed by atoms with van der Waals surface area (Å²) >= 11 is 0. The Balaban J connectivity index is 0.000000732. The molecule has 0 amide bonds. The van der Waals surface area contributed by atoms with E-state index in [0.717, 1.165) is 51.9 Å². The number of nitrogens with zero attached hydrogens (tertiary/aromatic N) is 4. The Morgan fingerprint density at radius 1 is 1.12 bits per heavy atom. The zero-order valence-electron chi connectivity index (χ0n) is 33.6. The maximum atomic E-state index is 13.3. The molecule has 5 aliphatic rings. The fourth-order valence-electron chi connectivity index (χ4n) is 12.6. The Kier molecular flexibility index (Phi) is 10.5. The lowest BCUT2D eigenvalue weighted by Crippen LogP contribution is -2.69. The fourth-order valence-corrected chi connectivity index (χ4v) is 12.6. The molecule has 0 radical (unpaired) electrons. The zero-order chi connectivity index (χ0) is 37.2. The number of rotatable bonds is 8. The Labute approximate surface area is 302 Å². The molecule has 10 heteroatoms. The van der Waals surface area contributed by atoms with Crippen LogP contribution in [-0.4, -0.2) is 82.2 Å². The number of carbonyl (C=O) groups is 1. The second-order valence-corrected chi connectivity index (χ2v) is 19.4. The molecule has 0 unspecified atom stereocenters. The van der Waals surface area contributed by atoms with E-state index in [1.165, 1.54) is 6.42 Å². The van der Waals surface area contributed by atoms with E-state index >= 15 is 0 Å². The number of aromatic amines is 1. The first-order chi connectivity index (χ1) is 23.2. The third-order valence-electron chi connectivity index (χ3n) is 16.6. The minimum absolute atomic E-state index is 0.0218. The Hall–Kier alpha value is -2.04. The van der Waals surface area contributed by atoms with Gasteiger partial charge in [-0.2, -0.15) is 5.21 Å². The number of H-pyrrole nitrogens is 1. The lowest BCUT2D eigenvalue weighted by molar-refractivity contribution is -0.255. The van der Waals surface area contributed by atoms with Crippen molar-refractivity contribution in [3.05, 3.63) is 11.6 Å². The van der Waals surface area contributed by atoms with E-state index in [1.807, 2.05) is 0 Å². The van der Waals surface area contributed by atoms with Crippen LogP contribution in [0.4, 0.5) is 5.95 Å². The summed E-state index contributed by atoms with van der Waals surface area (Å²) < 4.78 is 13.7. The number of nitrogens with one attached hydrogen (secondary N) is 1. The number of aliphatic carboxylic acids is 1. The second kappa shape index (κ2) is 13.4. The third kappa shape index (κ3) is 5.76. The van der Waals surface area contributed by atoms with Crippen LogP contribution in [0.2, 0.25) is 0 Å². The maximum Gasteiger partial charge on any atom is 0.307 e. The minimum Gasteiger partial charge on any atom is -0.481 e. The molecule has 0 spiro atoms. The number of anilines is 1. The summed E-state index contributed by atoms with van der Waals surface area (Å²) in [6.45, 7) is 28.2. The summed E-state index contributed by atoms with van der Waals surface area (Å²) in [4.78, 5) is 15.7. The molecule has 50 heavy (non-hydrogen) atoms. The number of tetrazole rings is 1. The number of hydrogen-bond acceptors (Lipinski definition) is 8. The van der Waals surface area contributed by atoms with Crippen molar-refractivity contribution >= 4 is 11.9 Å². The third-order valence-corrected chi connectivity index (χ3v) is 16.6. The van der Waals surface area contributed by atoms with Gasteiger partial charge in [0.05, 0.1) is 31.8 Å². The first-order valence-corrected chi connectivity index (χ1v) is 19.4. The zero-order valence-corrected chi connectivity index (χ0v) is 33.6. The molecule has 4 N–H and O–H groups in total. The van der Waals surface area contributed by atoms with Crippen LogP contribution in [0.1, 0.15) is 115 Å². The number of fused-ring (bicyclic) bond motifs is 3. The largest absolute Gasteiger partial charge is 0.481 e. The molecule has 2 heterocycles. The van der Waals surface area contributed by atoms with Crippen LogP contribution in [0.3, 0.4) is 0 Å². The Morgan fingerprint density at radius 3 is 2.32 bits per heavy atom. The van der Waals surface area contributed by atoms with Gasteiger partial charge in [-0.3, -0.25) is 4.79 Å². The first-order valence-electron chi connectivity index (χ1n) is 19.4. The molecule has 1 saturated heterocycles. The van der Waals surface area contributed by atoms with Crippen LogP contribution in [0, 0.1) is 68.5 Å². The predicted octanol–water partition coefficient (Wildman–Crippen LogP) is 7.35. The number of allylic oxidation sites excluding steroid dienone is 1. The molecule has 0 aromatic carbocycles. The maximum absolute atomic E-state index is 13.3. The van der Waals surface area contributed by atoms with Crippen LogP contribution >= 0.6 is 0 Å². The highest BCUT2D eigenvalue weighted by Crippen LogP contribution is 2.75. The summed E-state index contributed by atoms with van der Waals surface area (Å²) in [5.74, 6) is 1.96. The van der Waals surface area contributed by atoms with Gasteiger partial charge in [-0.25, -0.2) is 0 Å². The highest BCUT2D eigenvalue weighted by atomic mass is 16.5. The molecule has 1 aromatic rings. The van der Waals surface area contributed by atoms with Crippen LogP contribution in [0.15, 0.2) is 11.6 Å². The van der Waals surface area contributed by atoms with Gasteiger partial charge in [0.25, 0.3) is 5.95 Å². The van der Waals surface area contributed by atoms with Crippen molar-refractivity contribution in [1.29, 1.82) is 0 Å². The van der Waals surface area contributed by atoms with Gasteiger partial charge in [-0.15, -0.1) is 5.10 Å². The van der Waals surface area contributed by atoms with Gasteiger partial charge in [-0.05, 0) is 117 Å². The van der Waals surface area contributed by atoms with Crippen molar-refractivity contribution < 1.29 is 19.4 Å². The molecule has 12 atom stereocenters. The van der Waals surface area contributed by atoms with Crippen molar-refractivity contribution in [1.82, 2.24) is 25.5 Å². The molecule has 1 aliphatic heterocycles. The fraction of sp³-hybridized carbons (Fsp3) is 0.900. The average molecular weight is 699 g/mol. The van der Waals surface area contributed by atoms with Gasteiger partial charge in [-0.1, -0.05) is 86.0 Å². The van der Waals surface area contributed by atoms with E-state index < -0.39 is 5.97 Å². The van der Waals surface area contributed by atoms with Crippen molar-refractivity contribution in [2.24, 2.45) is 68.5 Å². The molecule has 6 rings (SSSR count). The van der Waals surface area contributed by atoms with Crippen LogP contribution in [0.5, 0.6) is 0 Å². The highest BCUT2D eigenvalue weighted by Gasteiger charge is 2.71. The van der Waals surface area contributed by atoms with Crippen molar-refractivity contribution in [3.8, 4) is 0 Å². The number of likely N-dealkylation sites (N-methyl/N-ethyl adjacent to an activating group) is 1. The molecular weight excluding hydrogens is 628 g/mol. The summed E-state index contributed by atoms with van der Waals surface area (Å²) in [7, 11) is 4.36. The van der Waals surface area contributed by atoms with Gasteiger partial charge in [0.15, 0.2) is 0 Å².